The van der Waals surface area contributed by atoms with Crippen LogP contribution in [-0.2, 0) is 10.0 Å². The maximum Gasteiger partial charge on any atom is 0.244 e. The zero-order valence-corrected chi connectivity index (χ0v) is 14.8. The highest BCUT2D eigenvalue weighted by molar-refractivity contribution is 9.10. The summed E-state index contributed by atoms with van der Waals surface area (Å²) in [6.07, 6.45) is 4.11. The molecule has 0 aromatic heterocycles. The van der Waals surface area contributed by atoms with Crippen molar-refractivity contribution in [1.82, 2.24) is 4.31 Å². The van der Waals surface area contributed by atoms with Gasteiger partial charge in [-0.3, -0.25) is 0 Å². The second-order valence-corrected chi connectivity index (χ2v) is 8.81. The predicted molar refractivity (Wildman–Crippen MR) is 85.5 cm³/mol. The molecule has 1 fully saturated rings. The highest BCUT2D eigenvalue weighted by Crippen LogP contribution is 2.32. The minimum absolute atomic E-state index is 0.0727. The van der Waals surface area contributed by atoms with Crippen molar-refractivity contribution in [1.29, 1.82) is 0 Å². The van der Waals surface area contributed by atoms with Gasteiger partial charge in [-0.15, -0.1) is 0 Å². The molecule has 3 nitrogen and oxygen atoms in total. The van der Waals surface area contributed by atoms with E-state index in [0.29, 0.717) is 5.92 Å². The van der Waals surface area contributed by atoms with Gasteiger partial charge >= 0.3 is 0 Å². The minimum atomic E-state index is -3.53. The highest BCUT2D eigenvalue weighted by Gasteiger charge is 2.32. The third-order valence-electron chi connectivity index (χ3n) is 3.97. The number of benzene rings is 1. The van der Waals surface area contributed by atoms with Gasteiger partial charge in [0, 0.05) is 17.6 Å². The largest absolute Gasteiger partial charge is 0.244 e. The van der Waals surface area contributed by atoms with Crippen molar-refractivity contribution in [2.45, 2.75) is 43.5 Å². The molecule has 1 saturated carbocycles. The molecule has 1 aromatic carbocycles. The van der Waals surface area contributed by atoms with Gasteiger partial charge in [-0.25, -0.2) is 8.42 Å². The second kappa shape index (κ2) is 6.34. The molecule has 0 bridgehead atoms. The molecule has 0 spiro atoms. The van der Waals surface area contributed by atoms with Crippen molar-refractivity contribution in [2.24, 2.45) is 5.92 Å². The van der Waals surface area contributed by atoms with Crippen LogP contribution in [0.15, 0.2) is 27.6 Å². The van der Waals surface area contributed by atoms with Gasteiger partial charge < -0.3 is 0 Å². The Morgan fingerprint density at radius 1 is 1.35 bits per heavy atom. The summed E-state index contributed by atoms with van der Waals surface area (Å²) in [6, 6.07) is 4.95. The van der Waals surface area contributed by atoms with E-state index in [1.165, 1.54) is 10.7 Å². The molecule has 0 aliphatic heterocycles. The van der Waals surface area contributed by atoms with Crippen LogP contribution in [-0.4, -0.2) is 25.8 Å². The topological polar surface area (TPSA) is 37.4 Å². The van der Waals surface area contributed by atoms with Gasteiger partial charge in [0.25, 0.3) is 0 Å². The molecule has 0 radical (unpaired) electrons. The van der Waals surface area contributed by atoms with Gasteiger partial charge in [0.15, 0.2) is 0 Å². The first kappa shape index (κ1) is 16.3. The molecule has 2 unspecified atom stereocenters. The van der Waals surface area contributed by atoms with E-state index in [1.807, 2.05) is 0 Å². The molecule has 2 rings (SSSR count). The van der Waals surface area contributed by atoms with Gasteiger partial charge in [-0.05, 0) is 37.0 Å². The summed E-state index contributed by atoms with van der Waals surface area (Å²) < 4.78 is 27.7. The molecule has 2 atom stereocenters. The summed E-state index contributed by atoms with van der Waals surface area (Å²) in [5, 5.41) is 0.259. The van der Waals surface area contributed by atoms with E-state index in [0.717, 1.165) is 23.7 Å². The van der Waals surface area contributed by atoms with E-state index in [1.54, 1.807) is 25.2 Å². The molecule has 112 valence electrons. The van der Waals surface area contributed by atoms with Gasteiger partial charge in [0.2, 0.25) is 10.0 Å². The van der Waals surface area contributed by atoms with Crippen molar-refractivity contribution in [3.8, 4) is 0 Å². The summed E-state index contributed by atoms with van der Waals surface area (Å²) in [4.78, 5) is 0.183. The van der Waals surface area contributed by atoms with Crippen molar-refractivity contribution < 1.29 is 8.42 Å². The first-order valence-electron chi connectivity index (χ1n) is 6.75. The maximum absolute atomic E-state index is 12.7. The standard InChI is InChI=1S/C14H19BrClNO2S/c1-10-4-3-5-12(8-10)17(2)20(18,19)14-7-6-11(15)9-13(14)16/h6-7,9-10,12H,3-5,8H2,1-2H3. The van der Waals surface area contributed by atoms with Crippen LogP contribution in [0.4, 0.5) is 0 Å². The van der Waals surface area contributed by atoms with Gasteiger partial charge in [0.05, 0.1) is 5.02 Å². The molecular formula is C14H19BrClNO2S. The lowest BCUT2D eigenvalue weighted by Gasteiger charge is -2.33. The molecule has 0 saturated heterocycles. The van der Waals surface area contributed by atoms with E-state index in [2.05, 4.69) is 22.9 Å². The quantitative estimate of drug-likeness (QED) is 0.784. The predicted octanol–water partition coefficient (Wildman–Crippen LogP) is 4.30. The monoisotopic (exact) mass is 379 g/mol. The molecule has 6 heteroatoms. The van der Waals surface area contributed by atoms with Gasteiger partial charge in [0.1, 0.15) is 4.90 Å². The Morgan fingerprint density at radius 3 is 2.65 bits per heavy atom. The number of halogens is 2. The van der Waals surface area contributed by atoms with E-state index in [-0.39, 0.29) is 16.0 Å². The maximum atomic E-state index is 12.7. The van der Waals surface area contributed by atoms with Crippen LogP contribution < -0.4 is 0 Å². The molecular weight excluding hydrogens is 362 g/mol. The van der Waals surface area contributed by atoms with Crippen LogP contribution >= 0.6 is 27.5 Å². The van der Waals surface area contributed by atoms with Crippen molar-refractivity contribution in [2.75, 3.05) is 7.05 Å². The first-order chi connectivity index (χ1) is 9.32. The zero-order chi connectivity index (χ0) is 14.9. The zero-order valence-electron chi connectivity index (χ0n) is 11.6. The fourth-order valence-electron chi connectivity index (χ4n) is 2.77. The van der Waals surface area contributed by atoms with Crippen LogP contribution in [0.2, 0.25) is 5.02 Å². The number of hydrogen-bond acceptors (Lipinski definition) is 2. The van der Waals surface area contributed by atoms with Crippen molar-refractivity contribution in [3.63, 3.8) is 0 Å². The average Bonchev–Trinajstić information content (AvgIpc) is 2.37. The highest BCUT2D eigenvalue weighted by atomic mass is 79.9. The van der Waals surface area contributed by atoms with Gasteiger partial charge in [-0.1, -0.05) is 47.3 Å². The SMILES string of the molecule is CC1CCCC(N(C)S(=O)(=O)c2ccc(Br)cc2Cl)C1. The summed E-state index contributed by atoms with van der Waals surface area (Å²) in [5.41, 5.74) is 0. The lowest BCUT2D eigenvalue weighted by atomic mass is 9.87. The Morgan fingerprint density at radius 2 is 2.05 bits per heavy atom. The summed E-state index contributed by atoms with van der Waals surface area (Å²) >= 11 is 9.38. The molecule has 0 N–H and O–H groups in total. The number of sulfonamides is 1. The lowest BCUT2D eigenvalue weighted by Crippen LogP contribution is -2.39. The minimum Gasteiger partial charge on any atom is -0.207 e. The van der Waals surface area contributed by atoms with Crippen LogP contribution in [0.3, 0.4) is 0 Å². The smallest absolute Gasteiger partial charge is 0.207 e. The molecule has 0 heterocycles. The number of hydrogen-bond donors (Lipinski definition) is 0. The molecule has 0 amide bonds. The third-order valence-corrected chi connectivity index (χ3v) is 6.86. The molecule has 20 heavy (non-hydrogen) atoms. The fourth-order valence-corrected chi connectivity index (χ4v) is 5.17. The van der Waals surface area contributed by atoms with Crippen LogP contribution in [0.25, 0.3) is 0 Å². The molecule has 1 aliphatic rings. The Balaban J connectivity index is 2.29. The summed E-state index contributed by atoms with van der Waals surface area (Å²) in [6.45, 7) is 2.18. The van der Waals surface area contributed by atoms with E-state index in [4.69, 9.17) is 11.6 Å². The number of rotatable bonds is 3. The summed E-state index contributed by atoms with van der Waals surface area (Å²) in [5.74, 6) is 0.576. The molecule has 1 aliphatic carbocycles. The summed E-state index contributed by atoms with van der Waals surface area (Å²) in [7, 11) is -1.87. The Hall–Kier alpha value is -0.100. The van der Waals surface area contributed by atoms with E-state index in [9.17, 15) is 8.42 Å². The lowest BCUT2D eigenvalue weighted by molar-refractivity contribution is 0.239. The molecule has 1 aromatic rings. The van der Waals surface area contributed by atoms with Crippen LogP contribution in [0.1, 0.15) is 32.6 Å². The van der Waals surface area contributed by atoms with Crippen LogP contribution in [0.5, 0.6) is 0 Å². The van der Waals surface area contributed by atoms with E-state index >= 15 is 0 Å². The average molecular weight is 381 g/mol. The van der Waals surface area contributed by atoms with Gasteiger partial charge in [-0.2, -0.15) is 4.31 Å². The van der Waals surface area contributed by atoms with Crippen LogP contribution in [0, 0.1) is 5.92 Å². The Kier molecular flexibility index (Phi) is 5.16. The Labute approximate surface area is 134 Å². The second-order valence-electron chi connectivity index (χ2n) is 5.52. The van der Waals surface area contributed by atoms with Crippen molar-refractivity contribution >= 4 is 37.6 Å². The van der Waals surface area contributed by atoms with E-state index < -0.39 is 10.0 Å². The number of nitrogens with zero attached hydrogens (tertiary/aromatic N) is 1. The van der Waals surface area contributed by atoms with Crippen molar-refractivity contribution in [3.05, 3.63) is 27.7 Å². The third kappa shape index (κ3) is 3.38. The Bertz CT molecular complexity index is 591. The fraction of sp³-hybridized carbons (Fsp3) is 0.571. The normalized spacial score (nSPS) is 24.1. The first-order valence-corrected chi connectivity index (χ1v) is 9.36.